The Kier molecular flexibility index (Phi) is 5.23. The van der Waals surface area contributed by atoms with E-state index in [0.29, 0.717) is 17.5 Å². The zero-order valence-electron chi connectivity index (χ0n) is 21.7. The summed E-state index contributed by atoms with van der Waals surface area (Å²) in [5.74, 6) is 1.83. The molecule has 7 aromatic rings. The number of fused-ring (bicyclic) bond motifs is 6. The van der Waals surface area contributed by atoms with E-state index >= 15 is 0 Å². The fourth-order valence-corrected chi connectivity index (χ4v) is 6.66. The summed E-state index contributed by atoms with van der Waals surface area (Å²) < 4.78 is 2.46. The first kappa shape index (κ1) is 23.5. The summed E-state index contributed by atoms with van der Waals surface area (Å²) in [6.45, 7) is 0. The van der Waals surface area contributed by atoms with Crippen LogP contribution in [0.5, 0.6) is 0 Å². The Balaban J connectivity index is 1.31. The molecule has 0 spiro atoms. The van der Waals surface area contributed by atoms with E-state index in [1.807, 2.05) is 54.6 Å². The van der Waals surface area contributed by atoms with Crippen molar-refractivity contribution in [3.63, 3.8) is 0 Å². The first-order valence-electron chi connectivity index (χ1n) is 13.3. The molecule has 5 nitrogen and oxygen atoms in total. The lowest BCUT2D eigenvalue weighted by Gasteiger charge is -2.16. The molecule has 5 aromatic carbocycles. The highest BCUT2D eigenvalue weighted by atomic mass is 32.1. The molecule has 2 heterocycles. The van der Waals surface area contributed by atoms with Gasteiger partial charge in [-0.3, -0.25) is 10.8 Å². The molecule has 0 atom stereocenters. The maximum absolute atomic E-state index is 8.51. The molecule has 2 N–H and O–H groups in total. The number of nitrogens with one attached hydrogen (secondary N) is 2. The predicted octanol–water partition coefficient (Wildman–Crippen LogP) is 8.81. The number of hydrogen-bond donors (Lipinski definition) is 2. The lowest BCUT2D eigenvalue weighted by Crippen LogP contribution is -2.16. The maximum atomic E-state index is 8.51. The van der Waals surface area contributed by atoms with E-state index in [4.69, 9.17) is 25.8 Å². The third kappa shape index (κ3) is 3.88. The van der Waals surface area contributed by atoms with Crippen molar-refractivity contribution < 1.29 is 0 Å². The number of rotatable bonds is 3. The summed E-state index contributed by atoms with van der Waals surface area (Å²) in [4.78, 5) is 14.8. The summed E-state index contributed by atoms with van der Waals surface area (Å²) >= 11 is 1.78. The van der Waals surface area contributed by atoms with Gasteiger partial charge in [-0.1, -0.05) is 91.0 Å². The van der Waals surface area contributed by atoms with E-state index in [1.54, 1.807) is 17.4 Å². The van der Waals surface area contributed by atoms with E-state index in [9.17, 15) is 0 Å². The molecule has 0 aliphatic heterocycles. The molecule has 0 unspecified atom stereocenters. The molecule has 0 radical (unpaired) electrons. The average Bonchev–Trinajstić information content (AvgIpc) is 3.40. The molecule has 192 valence electrons. The summed E-state index contributed by atoms with van der Waals surface area (Å²) in [5.41, 5.74) is 4.95. The predicted molar refractivity (Wildman–Crippen MR) is 170 cm³/mol. The second-order valence-corrected chi connectivity index (χ2v) is 11.2. The number of allylic oxidation sites excluding steroid dienone is 1. The van der Waals surface area contributed by atoms with Gasteiger partial charge >= 0.3 is 0 Å². The van der Waals surface area contributed by atoms with Crippen molar-refractivity contribution in [3.8, 4) is 34.2 Å². The van der Waals surface area contributed by atoms with Gasteiger partial charge in [0.15, 0.2) is 17.5 Å². The Labute approximate surface area is 239 Å². The van der Waals surface area contributed by atoms with Gasteiger partial charge in [-0.25, -0.2) is 15.0 Å². The topological polar surface area (TPSA) is 86.4 Å². The molecule has 0 fully saturated rings. The lowest BCUT2D eigenvalue weighted by atomic mass is 9.89. The SMILES string of the molecule is N=C1C=Cc2ccc3cc(-c4nc(-c5ccccc5)nc(-c5ccc6c(c5)sc5ccccc56)n4)ccc3c2C1=N. The fourth-order valence-electron chi connectivity index (χ4n) is 5.51. The largest absolute Gasteiger partial charge is 0.299 e. The summed E-state index contributed by atoms with van der Waals surface area (Å²) in [6, 6.07) is 35.0. The standard InChI is InChI=1S/C35H21N5S/c36-28-17-14-20-10-11-22-18-23(12-15-25(22)31(20)32(28)37)34-38-33(21-6-2-1-3-7-21)39-35(40-34)24-13-16-27-26-8-4-5-9-29(26)41-30(27)19-24/h1-19,36-37H. The number of thiophene rings is 1. The van der Waals surface area contributed by atoms with Crippen LogP contribution in [-0.2, 0) is 0 Å². The van der Waals surface area contributed by atoms with Crippen molar-refractivity contribution in [2.45, 2.75) is 0 Å². The number of nitrogens with zero attached hydrogens (tertiary/aromatic N) is 3. The van der Waals surface area contributed by atoms with Crippen LogP contribution in [0.25, 0.3) is 71.2 Å². The molecule has 41 heavy (non-hydrogen) atoms. The molecule has 1 aliphatic carbocycles. The van der Waals surface area contributed by atoms with E-state index in [2.05, 4.69) is 54.6 Å². The van der Waals surface area contributed by atoms with Gasteiger partial charge in [0.1, 0.15) is 0 Å². The minimum absolute atomic E-state index is 0.222. The van der Waals surface area contributed by atoms with E-state index in [1.165, 1.54) is 20.2 Å². The Bertz CT molecular complexity index is 2250. The van der Waals surface area contributed by atoms with Crippen molar-refractivity contribution in [2.24, 2.45) is 0 Å². The summed E-state index contributed by atoms with van der Waals surface area (Å²) in [7, 11) is 0. The quantitative estimate of drug-likeness (QED) is 0.233. The van der Waals surface area contributed by atoms with Crippen molar-refractivity contribution in [2.75, 3.05) is 0 Å². The van der Waals surface area contributed by atoms with Gasteiger partial charge in [0, 0.05) is 42.4 Å². The van der Waals surface area contributed by atoms with Crippen molar-refractivity contribution in [1.82, 2.24) is 15.0 Å². The molecule has 8 rings (SSSR count). The van der Waals surface area contributed by atoms with Gasteiger partial charge in [0.25, 0.3) is 0 Å². The number of hydrogen-bond acceptors (Lipinski definition) is 6. The van der Waals surface area contributed by atoms with Crippen LogP contribution in [0.1, 0.15) is 11.1 Å². The Hall–Kier alpha value is -5.33. The van der Waals surface area contributed by atoms with E-state index in [-0.39, 0.29) is 11.4 Å². The van der Waals surface area contributed by atoms with Crippen LogP contribution in [0.2, 0.25) is 0 Å². The van der Waals surface area contributed by atoms with Gasteiger partial charge in [-0.05, 0) is 40.6 Å². The first-order chi connectivity index (χ1) is 20.1. The average molecular weight is 544 g/mol. The third-order valence-corrected chi connectivity index (χ3v) is 8.70. The minimum atomic E-state index is 0.222. The van der Waals surface area contributed by atoms with Crippen LogP contribution >= 0.6 is 11.3 Å². The molecule has 0 saturated carbocycles. The monoisotopic (exact) mass is 543 g/mol. The van der Waals surface area contributed by atoms with Crippen molar-refractivity contribution >= 4 is 59.8 Å². The Morgan fingerprint density at radius 3 is 1.98 bits per heavy atom. The molecule has 2 aromatic heterocycles. The summed E-state index contributed by atoms with van der Waals surface area (Å²) in [5, 5.41) is 21.1. The maximum Gasteiger partial charge on any atom is 0.164 e. The molecule has 0 bridgehead atoms. The van der Waals surface area contributed by atoms with Gasteiger partial charge < -0.3 is 0 Å². The Morgan fingerprint density at radius 1 is 0.512 bits per heavy atom. The smallest absolute Gasteiger partial charge is 0.164 e. The number of benzene rings is 5. The molecule has 1 aliphatic rings. The van der Waals surface area contributed by atoms with Gasteiger partial charge in [-0.2, -0.15) is 0 Å². The molecule has 6 heteroatoms. The first-order valence-corrected chi connectivity index (χ1v) is 14.1. The van der Waals surface area contributed by atoms with Crippen LogP contribution in [0.4, 0.5) is 0 Å². The molecular weight excluding hydrogens is 522 g/mol. The van der Waals surface area contributed by atoms with Crippen LogP contribution in [0.15, 0.2) is 109 Å². The molecular formula is C35H21N5S. The van der Waals surface area contributed by atoms with Crippen LogP contribution in [-0.4, -0.2) is 26.4 Å². The lowest BCUT2D eigenvalue weighted by molar-refractivity contribution is 1.08. The fraction of sp³-hybridized carbons (Fsp3) is 0. The van der Waals surface area contributed by atoms with E-state index < -0.39 is 0 Å². The normalized spacial score (nSPS) is 12.9. The third-order valence-electron chi connectivity index (χ3n) is 7.56. The summed E-state index contributed by atoms with van der Waals surface area (Å²) in [6.07, 6.45) is 3.58. The van der Waals surface area contributed by atoms with Crippen molar-refractivity contribution in [3.05, 3.63) is 120 Å². The Morgan fingerprint density at radius 2 is 1.17 bits per heavy atom. The highest BCUT2D eigenvalue weighted by Crippen LogP contribution is 2.36. The zero-order valence-corrected chi connectivity index (χ0v) is 22.5. The highest BCUT2D eigenvalue weighted by molar-refractivity contribution is 7.25. The highest BCUT2D eigenvalue weighted by Gasteiger charge is 2.19. The second-order valence-electron chi connectivity index (χ2n) is 10.1. The number of aromatic nitrogens is 3. The molecule has 0 saturated heterocycles. The van der Waals surface area contributed by atoms with Gasteiger partial charge in [0.2, 0.25) is 0 Å². The van der Waals surface area contributed by atoms with Crippen LogP contribution < -0.4 is 0 Å². The van der Waals surface area contributed by atoms with Gasteiger partial charge in [-0.15, -0.1) is 11.3 Å². The van der Waals surface area contributed by atoms with Gasteiger partial charge in [0.05, 0.1) is 11.4 Å². The zero-order chi connectivity index (χ0) is 27.5. The van der Waals surface area contributed by atoms with Crippen LogP contribution in [0, 0.1) is 10.8 Å². The van der Waals surface area contributed by atoms with Crippen LogP contribution in [0.3, 0.4) is 0 Å². The minimum Gasteiger partial charge on any atom is -0.299 e. The van der Waals surface area contributed by atoms with Crippen molar-refractivity contribution in [1.29, 1.82) is 10.8 Å². The molecule has 0 amide bonds. The second kappa shape index (κ2) is 9.11. The van der Waals surface area contributed by atoms with E-state index in [0.717, 1.165) is 38.6 Å².